The smallest absolute Gasteiger partial charge is 0.308 e. The number of carbonyl (C=O) groups excluding carboxylic acids is 1. The molecular weight excluding hydrogens is 288 g/mol. The average molecular weight is 310 g/mol. The summed E-state index contributed by atoms with van der Waals surface area (Å²) in [5.41, 5.74) is 3.69. The molecule has 0 saturated heterocycles. The van der Waals surface area contributed by atoms with Gasteiger partial charge in [-0.3, -0.25) is 4.79 Å². The van der Waals surface area contributed by atoms with Crippen molar-refractivity contribution >= 4 is 5.97 Å². The second kappa shape index (κ2) is 6.86. The Morgan fingerprint density at radius 2 is 2.00 bits per heavy atom. The molecule has 0 N–H and O–H groups in total. The number of rotatable bonds is 5. The van der Waals surface area contributed by atoms with E-state index in [1.54, 1.807) is 0 Å². The quantitative estimate of drug-likeness (QED) is 0.780. The molecule has 0 radical (unpaired) electrons. The number of ether oxygens (including phenoxy) is 2. The van der Waals surface area contributed by atoms with E-state index in [1.165, 1.54) is 18.2 Å². The fraction of sp³-hybridized carbons (Fsp3) is 0.350. The van der Waals surface area contributed by atoms with Gasteiger partial charge in [-0.1, -0.05) is 43.3 Å². The molecule has 120 valence electrons. The van der Waals surface area contributed by atoms with Gasteiger partial charge in [0.1, 0.15) is 12.4 Å². The lowest BCUT2D eigenvalue weighted by atomic mass is 9.88. The normalized spacial score (nSPS) is 17.4. The number of benzene rings is 2. The van der Waals surface area contributed by atoms with Crippen molar-refractivity contribution in [2.75, 3.05) is 7.11 Å². The molecule has 0 heterocycles. The zero-order valence-corrected chi connectivity index (χ0v) is 13.6. The summed E-state index contributed by atoms with van der Waals surface area (Å²) in [7, 11) is 1.45. The van der Waals surface area contributed by atoms with Crippen molar-refractivity contribution in [2.24, 2.45) is 5.92 Å². The van der Waals surface area contributed by atoms with E-state index in [9.17, 15) is 4.79 Å². The lowest BCUT2D eigenvalue weighted by molar-refractivity contribution is -0.145. The predicted octanol–water partition coefficient (Wildman–Crippen LogP) is 4.10. The fourth-order valence-electron chi connectivity index (χ4n) is 3.31. The summed E-state index contributed by atoms with van der Waals surface area (Å²) in [5, 5.41) is 0. The zero-order chi connectivity index (χ0) is 16.2. The van der Waals surface area contributed by atoms with Crippen LogP contribution in [0.5, 0.6) is 5.75 Å². The van der Waals surface area contributed by atoms with Gasteiger partial charge in [0.25, 0.3) is 0 Å². The first-order chi connectivity index (χ1) is 11.2. The third-order valence-corrected chi connectivity index (χ3v) is 4.67. The van der Waals surface area contributed by atoms with E-state index in [4.69, 9.17) is 9.47 Å². The Morgan fingerprint density at radius 1 is 1.22 bits per heavy atom. The van der Waals surface area contributed by atoms with E-state index in [0.29, 0.717) is 6.61 Å². The minimum atomic E-state index is -0.140. The van der Waals surface area contributed by atoms with E-state index >= 15 is 0 Å². The minimum absolute atomic E-state index is 0.120. The molecule has 0 aliphatic heterocycles. The topological polar surface area (TPSA) is 35.5 Å². The second-order valence-electron chi connectivity index (χ2n) is 6.09. The van der Waals surface area contributed by atoms with Crippen molar-refractivity contribution in [2.45, 2.75) is 32.3 Å². The van der Waals surface area contributed by atoms with Crippen LogP contribution in [0.25, 0.3) is 0 Å². The lowest BCUT2D eigenvalue weighted by Crippen LogP contribution is -2.19. The summed E-state index contributed by atoms with van der Waals surface area (Å²) >= 11 is 0. The van der Waals surface area contributed by atoms with Gasteiger partial charge >= 0.3 is 5.97 Å². The molecule has 1 aliphatic carbocycles. The Hall–Kier alpha value is -2.29. The molecule has 2 aromatic rings. The molecule has 3 rings (SSSR count). The van der Waals surface area contributed by atoms with Crippen LogP contribution in [0.15, 0.2) is 48.5 Å². The monoisotopic (exact) mass is 310 g/mol. The Morgan fingerprint density at radius 3 is 2.74 bits per heavy atom. The van der Waals surface area contributed by atoms with Gasteiger partial charge in [0.15, 0.2) is 0 Å². The largest absolute Gasteiger partial charge is 0.489 e. The number of hydrogen-bond donors (Lipinski definition) is 0. The molecule has 0 bridgehead atoms. The number of fused-ring (bicyclic) bond motifs is 1. The van der Waals surface area contributed by atoms with Gasteiger partial charge in [-0.05, 0) is 47.6 Å². The maximum Gasteiger partial charge on any atom is 0.308 e. The highest BCUT2D eigenvalue weighted by Gasteiger charge is 2.32. The number of carbonyl (C=O) groups is 1. The summed E-state index contributed by atoms with van der Waals surface area (Å²) in [5.74, 6) is 0.818. The molecule has 0 aromatic heterocycles. The van der Waals surface area contributed by atoms with Crippen LogP contribution >= 0.6 is 0 Å². The average Bonchev–Trinajstić information content (AvgIpc) is 3.02. The first-order valence-corrected chi connectivity index (χ1v) is 8.06. The van der Waals surface area contributed by atoms with E-state index in [-0.39, 0.29) is 17.8 Å². The fourth-order valence-corrected chi connectivity index (χ4v) is 3.31. The first-order valence-electron chi connectivity index (χ1n) is 8.06. The van der Waals surface area contributed by atoms with Crippen LogP contribution in [0.2, 0.25) is 0 Å². The highest BCUT2D eigenvalue weighted by Crippen LogP contribution is 2.40. The molecule has 1 unspecified atom stereocenters. The molecule has 3 nitrogen and oxygen atoms in total. The molecule has 1 aliphatic rings. The molecule has 2 aromatic carbocycles. The Balaban J connectivity index is 1.74. The van der Waals surface area contributed by atoms with Gasteiger partial charge in [0.05, 0.1) is 13.0 Å². The van der Waals surface area contributed by atoms with E-state index in [0.717, 1.165) is 24.2 Å². The molecule has 2 atom stereocenters. The van der Waals surface area contributed by atoms with Crippen LogP contribution in [-0.2, 0) is 22.6 Å². The van der Waals surface area contributed by atoms with Crippen LogP contribution in [0.4, 0.5) is 0 Å². The van der Waals surface area contributed by atoms with Gasteiger partial charge in [0.2, 0.25) is 0 Å². The molecule has 0 saturated carbocycles. The number of esters is 1. The molecule has 3 heteroatoms. The Labute approximate surface area is 137 Å². The van der Waals surface area contributed by atoms with Crippen LogP contribution in [0.1, 0.15) is 36.0 Å². The highest BCUT2D eigenvalue weighted by atomic mass is 16.5. The predicted molar refractivity (Wildman–Crippen MR) is 89.5 cm³/mol. The van der Waals surface area contributed by atoms with Crippen LogP contribution < -0.4 is 4.74 Å². The van der Waals surface area contributed by atoms with Crippen LogP contribution in [0, 0.1) is 5.92 Å². The van der Waals surface area contributed by atoms with E-state index in [1.807, 2.05) is 31.2 Å². The molecule has 23 heavy (non-hydrogen) atoms. The van der Waals surface area contributed by atoms with Gasteiger partial charge < -0.3 is 9.47 Å². The number of hydrogen-bond acceptors (Lipinski definition) is 3. The maximum absolute atomic E-state index is 11.9. The van der Waals surface area contributed by atoms with Gasteiger partial charge in [-0.2, -0.15) is 0 Å². The molecule has 0 spiro atoms. The van der Waals surface area contributed by atoms with E-state index in [2.05, 4.69) is 24.3 Å². The molecular formula is C20H22O3. The molecule has 0 fully saturated rings. The van der Waals surface area contributed by atoms with Crippen molar-refractivity contribution in [3.8, 4) is 5.75 Å². The summed E-state index contributed by atoms with van der Waals surface area (Å²) in [6, 6.07) is 16.4. The summed E-state index contributed by atoms with van der Waals surface area (Å²) in [4.78, 5) is 11.9. The Kier molecular flexibility index (Phi) is 4.65. The van der Waals surface area contributed by atoms with Crippen molar-refractivity contribution in [1.29, 1.82) is 0 Å². The standard InChI is InChI=1S/C20H22O3/c1-14(20(21)22-2)18-11-9-16-8-10-17(12-19(16)18)23-13-15-6-4-3-5-7-15/h3-8,10,12,14,18H,9,11,13H2,1-2H3/t14?,18-/m1/s1. The second-order valence-corrected chi connectivity index (χ2v) is 6.09. The van der Waals surface area contributed by atoms with Crippen molar-refractivity contribution in [3.05, 3.63) is 65.2 Å². The van der Waals surface area contributed by atoms with Gasteiger partial charge in [-0.25, -0.2) is 0 Å². The number of methoxy groups -OCH3 is 1. The summed E-state index contributed by atoms with van der Waals surface area (Å²) in [6.45, 7) is 2.50. The van der Waals surface area contributed by atoms with Crippen LogP contribution in [0.3, 0.4) is 0 Å². The SMILES string of the molecule is COC(=O)C(C)[C@H]1CCc2ccc(OCc3ccccc3)cc21. The van der Waals surface area contributed by atoms with E-state index < -0.39 is 0 Å². The van der Waals surface area contributed by atoms with Crippen LogP contribution in [-0.4, -0.2) is 13.1 Å². The lowest BCUT2D eigenvalue weighted by Gasteiger charge is -2.18. The first kappa shape index (κ1) is 15.6. The minimum Gasteiger partial charge on any atom is -0.489 e. The summed E-state index contributed by atoms with van der Waals surface area (Å²) in [6.07, 6.45) is 2.01. The van der Waals surface area contributed by atoms with Gasteiger partial charge in [-0.15, -0.1) is 0 Å². The maximum atomic E-state index is 11.9. The third kappa shape index (κ3) is 3.39. The summed E-state index contributed by atoms with van der Waals surface area (Å²) < 4.78 is 10.8. The third-order valence-electron chi connectivity index (χ3n) is 4.67. The number of aryl methyl sites for hydroxylation is 1. The molecule has 0 amide bonds. The van der Waals surface area contributed by atoms with Crippen molar-refractivity contribution < 1.29 is 14.3 Å². The van der Waals surface area contributed by atoms with Gasteiger partial charge in [0, 0.05) is 0 Å². The zero-order valence-electron chi connectivity index (χ0n) is 13.6. The highest BCUT2D eigenvalue weighted by molar-refractivity contribution is 5.73. The van der Waals surface area contributed by atoms with Crippen molar-refractivity contribution in [1.82, 2.24) is 0 Å². The van der Waals surface area contributed by atoms with Crippen molar-refractivity contribution in [3.63, 3.8) is 0 Å². The Bertz CT molecular complexity index is 679.